The van der Waals surface area contributed by atoms with Crippen molar-refractivity contribution in [3.8, 4) is 50.3 Å². The quantitative estimate of drug-likeness (QED) is 0.0901. The van der Waals surface area contributed by atoms with Gasteiger partial charge in [-0.2, -0.15) is 0 Å². The van der Waals surface area contributed by atoms with Gasteiger partial charge in [-0.1, -0.05) is 286 Å². The molecule has 92 heavy (non-hydrogen) atoms. The van der Waals surface area contributed by atoms with E-state index < -0.39 is 10.8 Å². The summed E-state index contributed by atoms with van der Waals surface area (Å²) in [4.78, 5) is 2.49. The number of hydrogen-bond donors (Lipinski definition) is 0. The molecule has 0 radical (unpaired) electrons. The van der Waals surface area contributed by atoms with Crippen LogP contribution in [0.4, 0.5) is 17.1 Å². The van der Waals surface area contributed by atoms with E-state index in [-0.39, 0.29) is 0 Å². The fourth-order valence-corrected chi connectivity index (χ4v) is 15.8. The monoisotopic (exact) mass is 1180 g/mol. The largest absolute Gasteiger partial charge is 0.489 e. The highest BCUT2D eigenvalue weighted by atomic mass is 16.5. The molecule has 16 rings (SSSR count). The van der Waals surface area contributed by atoms with E-state index in [9.17, 15) is 0 Å². The molecule has 0 N–H and O–H groups in total. The second-order valence-electron chi connectivity index (χ2n) is 25.8. The topological polar surface area (TPSA) is 12.5 Å². The molecule has 3 atom stereocenters. The molecular formula is C90H73NO. The highest BCUT2D eigenvalue weighted by molar-refractivity contribution is 5.92. The Morgan fingerprint density at radius 1 is 0.370 bits per heavy atom. The minimum absolute atomic E-state index is 0.421. The standard InChI is InChI=1S/C90H73NO/c1-4-64(67-34-36-69(37-35-67)71-40-38-70-39-41-72(70)57-71)56-62(3)65-32-30-63(31-33-65)60-92-80-52-46-76(47-53-80)90(75-44-28-61(2)29-45-75)86-27-17-15-25-82(86)84-55-51-79(59-88(84)90)91(77-48-42-68(43-49-77)66-18-8-5-9-19-66)78-50-54-83-81-24-14-16-26-85(81)89(87(83)58-78,73-20-10-6-11-21-73)74-22-12-7-13-23-74/h5-38,40,42-55,57-59,62,64H,4,39,41,56,60H2,1-3H3. The number of benzene rings is 13. The lowest BCUT2D eigenvalue weighted by molar-refractivity contribution is 0.306. The van der Waals surface area contributed by atoms with Crippen LogP contribution in [-0.2, 0) is 30.3 Å². The van der Waals surface area contributed by atoms with Crippen LogP contribution in [0, 0.1) is 6.92 Å². The maximum Gasteiger partial charge on any atom is 0.119 e. The van der Waals surface area contributed by atoms with E-state index in [0.717, 1.165) is 41.2 Å². The Morgan fingerprint density at radius 3 is 1.36 bits per heavy atom. The maximum atomic E-state index is 6.70. The second kappa shape index (κ2) is 23.7. The molecule has 0 saturated carbocycles. The Balaban J connectivity index is 0.747. The first kappa shape index (κ1) is 56.7. The Morgan fingerprint density at radius 2 is 0.815 bits per heavy atom. The van der Waals surface area contributed by atoms with Crippen molar-refractivity contribution < 1.29 is 4.74 Å². The summed E-state index contributed by atoms with van der Waals surface area (Å²) in [6.07, 6.45) is 4.65. The van der Waals surface area contributed by atoms with Gasteiger partial charge < -0.3 is 9.64 Å². The number of rotatable bonds is 17. The van der Waals surface area contributed by atoms with Crippen LogP contribution in [0.25, 0.3) is 44.5 Å². The molecule has 0 amide bonds. The normalized spacial score (nSPS) is 15.2. The van der Waals surface area contributed by atoms with Crippen molar-refractivity contribution in [3.05, 3.63) is 393 Å². The number of fused-ring (bicyclic) bond motifs is 7. The average Bonchev–Trinajstić information content (AvgIpc) is 1.54. The first-order chi connectivity index (χ1) is 45.3. The van der Waals surface area contributed by atoms with Crippen LogP contribution >= 0.6 is 0 Å². The summed E-state index contributed by atoms with van der Waals surface area (Å²) in [5.74, 6) is 1.76. The van der Waals surface area contributed by atoms with Gasteiger partial charge in [-0.15, -0.1) is 0 Å². The number of ether oxygens (including phenoxy) is 1. The summed E-state index contributed by atoms with van der Waals surface area (Å²) in [5.41, 5.74) is 30.1. The van der Waals surface area contributed by atoms with Crippen molar-refractivity contribution >= 4 is 17.1 Å². The summed E-state index contributed by atoms with van der Waals surface area (Å²) >= 11 is 0. The second-order valence-corrected chi connectivity index (χ2v) is 25.8. The number of aryl methyl sites for hydroxylation is 3. The Kier molecular flexibility index (Phi) is 14.6. The van der Waals surface area contributed by atoms with E-state index in [4.69, 9.17) is 4.74 Å². The van der Waals surface area contributed by atoms with E-state index in [1.807, 2.05) is 0 Å². The van der Waals surface area contributed by atoms with Crippen LogP contribution in [0.5, 0.6) is 5.75 Å². The van der Waals surface area contributed by atoms with Gasteiger partial charge >= 0.3 is 0 Å². The molecule has 13 aromatic rings. The van der Waals surface area contributed by atoms with Gasteiger partial charge in [0.15, 0.2) is 0 Å². The molecule has 3 unspecified atom stereocenters. The van der Waals surface area contributed by atoms with Crippen molar-refractivity contribution in [2.24, 2.45) is 0 Å². The van der Waals surface area contributed by atoms with Crippen LogP contribution in [0.1, 0.15) is 116 Å². The molecule has 2 heteroatoms. The molecule has 0 saturated heterocycles. The summed E-state index contributed by atoms with van der Waals surface area (Å²) in [6, 6.07) is 118. The fourth-order valence-electron chi connectivity index (χ4n) is 15.8. The Bertz CT molecular complexity index is 4760. The zero-order valence-electron chi connectivity index (χ0n) is 52.6. The van der Waals surface area contributed by atoms with Gasteiger partial charge in [0.2, 0.25) is 0 Å². The third kappa shape index (κ3) is 9.71. The van der Waals surface area contributed by atoms with E-state index in [1.54, 1.807) is 0 Å². The lowest BCUT2D eigenvalue weighted by Gasteiger charge is -2.36. The molecule has 0 bridgehead atoms. The molecule has 0 spiro atoms. The Labute approximate surface area is 542 Å². The number of nitrogens with zero attached hydrogens (tertiary/aromatic N) is 1. The molecule has 0 aromatic heterocycles. The number of anilines is 3. The van der Waals surface area contributed by atoms with Gasteiger partial charge in [-0.05, 0) is 210 Å². The summed E-state index contributed by atoms with van der Waals surface area (Å²) in [5, 5.41) is 0. The Hall–Kier alpha value is -10.5. The first-order valence-corrected chi connectivity index (χ1v) is 33.0. The van der Waals surface area contributed by atoms with Crippen molar-refractivity contribution in [3.63, 3.8) is 0 Å². The van der Waals surface area contributed by atoms with Gasteiger partial charge in [-0.3, -0.25) is 0 Å². The van der Waals surface area contributed by atoms with Gasteiger partial charge in [0.1, 0.15) is 12.4 Å². The lowest BCUT2D eigenvalue weighted by atomic mass is 9.67. The van der Waals surface area contributed by atoms with Crippen LogP contribution in [0.3, 0.4) is 0 Å². The zero-order chi connectivity index (χ0) is 61.8. The minimum atomic E-state index is -0.665. The van der Waals surface area contributed by atoms with E-state index in [2.05, 4.69) is 341 Å². The van der Waals surface area contributed by atoms with Crippen LogP contribution < -0.4 is 9.64 Å². The predicted octanol–water partition coefficient (Wildman–Crippen LogP) is 22.9. The average molecular weight is 1180 g/mol. The first-order valence-electron chi connectivity index (χ1n) is 33.0. The molecule has 0 fully saturated rings. The molecule has 0 heterocycles. The molecule has 3 aliphatic rings. The fraction of sp³-hybridized carbons (Fsp3) is 0.133. The highest BCUT2D eigenvalue weighted by Crippen LogP contribution is 2.60. The van der Waals surface area contributed by atoms with Gasteiger partial charge in [0.05, 0.1) is 10.8 Å². The van der Waals surface area contributed by atoms with Crippen molar-refractivity contribution in [2.75, 3.05) is 4.90 Å². The van der Waals surface area contributed by atoms with E-state index in [1.165, 1.54) is 130 Å². The smallest absolute Gasteiger partial charge is 0.119 e. The van der Waals surface area contributed by atoms with E-state index >= 15 is 0 Å². The summed E-state index contributed by atoms with van der Waals surface area (Å²) in [7, 11) is 0. The molecule has 3 aliphatic carbocycles. The lowest BCUT2D eigenvalue weighted by Crippen LogP contribution is -2.29. The van der Waals surface area contributed by atoms with Crippen molar-refractivity contribution in [1.82, 2.24) is 0 Å². The van der Waals surface area contributed by atoms with Gasteiger partial charge in [-0.25, -0.2) is 0 Å². The van der Waals surface area contributed by atoms with Crippen LogP contribution in [0.2, 0.25) is 0 Å². The summed E-state index contributed by atoms with van der Waals surface area (Å²) in [6.45, 7) is 7.38. The molecular weight excluding hydrogens is 1110 g/mol. The zero-order valence-corrected chi connectivity index (χ0v) is 52.6. The highest BCUT2D eigenvalue weighted by Gasteiger charge is 2.48. The number of hydrogen-bond acceptors (Lipinski definition) is 2. The molecule has 13 aromatic carbocycles. The molecule has 0 aliphatic heterocycles. The molecule has 2 nitrogen and oxygen atoms in total. The van der Waals surface area contributed by atoms with E-state index in [0.29, 0.717) is 18.4 Å². The van der Waals surface area contributed by atoms with Crippen molar-refractivity contribution in [1.29, 1.82) is 0 Å². The molecule has 444 valence electrons. The van der Waals surface area contributed by atoms with Crippen LogP contribution in [-0.4, -0.2) is 0 Å². The van der Waals surface area contributed by atoms with Gasteiger partial charge in [0.25, 0.3) is 0 Å². The van der Waals surface area contributed by atoms with Gasteiger partial charge in [0, 0.05) is 17.1 Å². The summed E-state index contributed by atoms with van der Waals surface area (Å²) < 4.78 is 6.70. The maximum absolute atomic E-state index is 6.70. The predicted molar refractivity (Wildman–Crippen MR) is 382 cm³/mol. The minimum Gasteiger partial charge on any atom is -0.489 e. The third-order valence-electron chi connectivity index (χ3n) is 20.7. The van der Waals surface area contributed by atoms with Crippen LogP contribution in [0.15, 0.2) is 315 Å². The van der Waals surface area contributed by atoms with Crippen molar-refractivity contribution in [2.45, 2.75) is 75.7 Å². The SMILES string of the molecule is CCC(CC(C)c1ccc(COc2ccc(C3(c4ccc(C)cc4)c4ccccc4-c4ccc(N(c5ccc(-c6ccccc6)cc5)c5ccc6c(c5)C(c5ccccc5)(c5ccccc5)c5ccccc5-6)cc43)cc2)cc1)c1ccc(-c2ccc3c(c2)CC3)cc1. The third-order valence-corrected chi connectivity index (χ3v) is 20.7.